The Hall–Kier alpha value is -5.68. The fourth-order valence-corrected chi connectivity index (χ4v) is 9.60. The Labute approximate surface area is 386 Å². The molecule has 4 aromatic heterocycles. The summed E-state index contributed by atoms with van der Waals surface area (Å²) in [6, 6.07) is 12.9. The number of nitrogens with zero attached hydrogens (tertiary/aromatic N) is 7. The van der Waals surface area contributed by atoms with Crippen molar-refractivity contribution in [2.45, 2.75) is 41.9 Å². The standard InChI is InChI=1S/C40H34N11O10S3.Mg/c52-40(42-13-2-1-4-19-17-41-18-43-19)27-6-3-5-26-31(27)39-50-34-25-12-9-22(64(59,60)61)16-30(25)38(48-34)49-37-29-15-21(63(56,57)58)8-11-24(29)33(47-37)46-36-28-14-20(62(53,54)55)7-10-23(28)32(45-36)44-35(26)51-39;/h3,5-9,11-12,15-18H,1-2,4,10,13-14H2,(H10-,41,42,43,44,45,46,47,48,49,50,51,52,53,54,55,56,57,58,59,60,61);/q-1;+2/p+1. The zero-order chi connectivity index (χ0) is 44.7. The van der Waals surface area contributed by atoms with Crippen molar-refractivity contribution in [3.8, 4) is 45.6 Å². The van der Waals surface area contributed by atoms with Gasteiger partial charge in [-0.3, -0.25) is 19.3 Å². The second-order valence-electron chi connectivity index (χ2n) is 15.1. The van der Waals surface area contributed by atoms with Gasteiger partial charge in [-0.1, -0.05) is 27.1 Å². The van der Waals surface area contributed by atoms with Gasteiger partial charge in [-0.05, 0) is 79.8 Å². The quantitative estimate of drug-likeness (QED) is 0.0525. The number of hydrogen-bond acceptors (Lipinski definition) is 14. The summed E-state index contributed by atoms with van der Waals surface area (Å²) in [7, 11) is -13.1. The van der Waals surface area contributed by atoms with Gasteiger partial charge in [0.2, 0.25) is 0 Å². The summed E-state index contributed by atoms with van der Waals surface area (Å²) in [4.78, 5) is 55.6. The molecule has 0 atom stereocenters. The molecular weight excluding hydrogens is 915 g/mol. The van der Waals surface area contributed by atoms with E-state index in [-0.39, 0.29) is 108 Å². The Morgan fingerprint density at radius 3 is 2.14 bits per heavy atom. The van der Waals surface area contributed by atoms with Crippen LogP contribution in [-0.2, 0) is 29.4 Å². The molecule has 25 heteroatoms. The second-order valence-corrected chi connectivity index (χ2v) is 19.6. The zero-order valence-electron chi connectivity index (χ0n) is 33.6. The van der Waals surface area contributed by atoms with Crippen LogP contribution in [0, 0.1) is 0 Å². The van der Waals surface area contributed by atoms with E-state index in [0.717, 1.165) is 18.5 Å². The molecule has 0 radical (unpaired) electrons. The van der Waals surface area contributed by atoms with Crippen molar-refractivity contribution in [3.05, 3.63) is 100 Å². The molecule has 0 spiro atoms. The van der Waals surface area contributed by atoms with Crippen LogP contribution in [0.4, 0.5) is 0 Å². The number of rotatable bonds is 9. The molecule has 0 fully saturated rings. The third kappa shape index (κ3) is 8.41. The minimum atomic E-state index is -4.72. The first-order chi connectivity index (χ1) is 30.5. The number of unbranched alkanes of at least 4 members (excludes halogenated alkanes) is 1. The van der Waals surface area contributed by atoms with Gasteiger partial charge >= 0.3 is 23.1 Å². The number of benzene rings is 3. The third-order valence-electron chi connectivity index (χ3n) is 11.0. The molecule has 21 nitrogen and oxygen atoms in total. The molecule has 65 heavy (non-hydrogen) atoms. The number of allylic oxidation sites excluding steroid dienone is 2. The number of aromatic nitrogens is 10. The van der Waals surface area contributed by atoms with Gasteiger partial charge in [-0.2, -0.15) is 8.42 Å². The average molecular weight is 950 g/mol. The number of H-pyrrole nitrogens is 3. The molecule has 6 heterocycles. The first kappa shape index (κ1) is 44.5. The molecule has 10 rings (SSSR count). The summed E-state index contributed by atoms with van der Waals surface area (Å²) in [5.41, 5.74) is 3.80. The van der Waals surface area contributed by atoms with Crippen molar-refractivity contribution in [1.82, 2.24) is 45.2 Å². The number of hydrogen-bond donors (Lipinski definition) is 9. The molecule has 1 aliphatic carbocycles. The number of carbonyl (C=O) groups excluding carboxylic acids is 1. The van der Waals surface area contributed by atoms with E-state index in [1.54, 1.807) is 30.7 Å². The molecule has 3 aliphatic rings. The summed E-state index contributed by atoms with van der Waals surface area (Å²) in [5.74, 6) is 0.126. The number of carbonyl (C=O) groups is 1. The normalized spacial score (nSPS) is 13.9. The molecule has 7 aromatic rings. The van der Waals surface area contributed by atoms with E-state index in [4.69, 9.17) is 29.9 Å². The molecular formula is C40H35MgN11O10S3+2. The van der Waals surface area contributed by atoms with Crippen molar-refractivity contribution in [2.24, 2.45) is 0 Å². The van der Waals surface area contributed by atoms with Crippen LogP contribution in [0.25, 0.3) is 78.9 Å². The van der Waals surface area contributed by atoms with Gasteiger partial charge in [-0.25, -0.2) is 9.97 Å². The summed E-state index contributed by atoms with van der Waals surface area (Å²) in [6.45, 7) is 0.366. The molecule has 11 N–H and O–H groups in total. The van der Waals surface area contributed by atoms with Crippen LogP contribution in [0.1, 0.15) is 40.0 Å². The Morgan fingerprint density at radius 1 is 0.723 bits per heavy atom. The molecule has 1 amide bonds. The molecule has 8 bridgehead atoms. The van der Waals surface area contributed by atoms with E-state index in [0.29, 0.717) is 46.2 Å². The first-order valence-corrected chi connectivity index (χ1v) is 23.8. The number of amides is 1. The maximum atomic E-state index is 14.0. The minimum absolute atomic E-state index is 0. The van der Waals surface area contributed by atoms with Crippen LogP contribution in [0.5, 0.6) is 0 Å². The number of fused-ring (bicyclic) bond motifs is 20. The molecule has 3 aromatic carbocycles. The van der Waals surface area contributed by atoms with Crippen molar-refractivity contribution < 1.29 is 55.0 Å². The average Bonchev–Trinajstić information content (AvgIpc) is 4.08. The van der Waals surface area contributed by atoms with Crippen LogP contribution in [0.3, 0.4) is 0 Å². The SMILES string of the molecule is O=C(NCCCCc1cnc[nH]1)c1cccc2c1-c1nc3[n-]c(nc4[nH+]c(nc5[n-]c(nc-2[nH+]1)c1c5CC(S(O)(O)O)=CC1)-c1ccc(S(O)(O)O)cc1-4)c1cc(S(=O)(=O)O)ccc31.[Mg+2]. The predicted molar refractivity (Wildman–Crippen MR) is 238 cm³/mol. The maximum absolute atomic E-state index is 14.0. The Bertz CT molecular complexity index is 3420. The summed E-state index contributed by atoms with van der Waals surface area (Å²) in [6.07, 6.45) is 6.98. The fraction of sp³-hybridized carbons (Fsp3) is 0.150. The van der Waals surface area contributed by atoms with E-state index in [1.165, 1.54) is 42.5 Å². The number of imidazole rings is 1. The van der Waals surface area contributed by atoms with Crippen LogP contribution in [-0.4, -0.2) is 106 Å². The van der Waals surface area contributed by atoms with Crippen LogP contribution >= 0.6 is 21.7 Å². The van der Waals surface area contributed by atoms with Crippen LogP contribution in [0.15, 0.2) is 87.9 Å². The fourth-order valence-electron chi connectivity index (χ4n) is 7.93. The zero-order valence-corrected chi connectivity index (χ0v) is 37.5. The van der Waals surface area contributed by atoms with Gasteiger partial charge in [0.25, 0.3) is 33.5 Å². The maximum Gasteiger partial charge on any atom is 2.00 e. The van der Waals surface area contributed by atoms with Gasteiger partial charge in [-0.15, -0.1) is 0 Å². The molecule has 0 unspecified atom stereocenters. The summed E-state index contributed by atoms with van der Waals surface area (Å²) >= 11 is 0. The van der Waals surface area contributed by atoms with Crippen molar-refractivity contribution in [3.63, 3.8) is 0 Å². The minimum Gasteiger partial charge on any atom is -0.352 e. The van der Waals surface area contributed by atoms with E-state index >= 15 is 0 Å². The van der Waals surface area contributed by atoms with E-state index < -0.39 is 42.7 Å². The van der Waals surface area contributed by atoms with Crippen molar-refractivity contribution in [2.75, 3.05) is 6.54 Å². The van der Waals surface area contributed by atoms with Gasteiger partial charge in [0.15, 0.2) is 16.9 Å². The number of aromatic amines is 3. The van der Waals surface area contributed by atoms with Gasteiger partial charge < -0.3 is 47.6 Å². The predicted octanol–water partition coefficient (Wildman–Crippen LogP) is 4.94. The molecule has 328 valence electrons. The number of aryl methyl sites for hydroxylation is 1. The van der Waals surface area contributed by atoms with Crippen LogP contribution < -0.4 is 25.3 Å². The van der Waals surface area contributed by atoms with Gasteiger partial charge in [0.1, 0.15) is 27.6 Å². The molecule has 0 saturated carbocycles. The van der Waals surface area contributed by atoms with Crippen LogP contribution in [0.2, 0.25) is 0 Å². The molecule has 0 saturated heterocycles. The Balaban J connectivity index is 0.00000533. The summed E-state index contributed by atoms with van der Waals surface area (Å²) in [5, 5.41) is 3.43. The Kier molecular flexibility index (Phi) is 11.4. The first-order valence-electron chi connectivity index (χ1n) is 19.4. The smallest absolute Gasteiger partial charge is 0.352 e. The Morgan fingerprint density at radius 2 is 1.40 bits per heavy atom. The van der Waals surface area contributed by atoms with Gasteiger partial charge in [0.05, 0.1) is 38.4 Å². The second kappa shape index (κ2) is 16.6. The van der Waals surface area contributed by atoms with Crippen molar-refractivity contribution >= 4 is 94.2 Å². The monoisotopic (exact) mass is 949 g/mol. The van der Waals surface area contributed by atoms with E-state index in [9.17, 15) is 45.1 Å². The summed E-state index contributed by atoms with van der Waals surface area (Å²) < 4.78 is 96.3. The van der Waals surface area contributed by atoms with E-state index in [2.05, 4.69) is 25.3 Å². The van der Waals surface area contributed by atoms with Gasteiger partial charge in [0, 0.05) is 57.3 Å². The largest absolute Gasteiger partial charge is 2.00 e. The number of nitrogens with one attached hydrogen (secondary N) is 4. The van der Waals surface area contributed by atoms with Crippen molar-refractivity contribution in [1.29, 1.82) is 0 Å². The van der Waals surface area contributed by atoms with E-state index in [1.807, 2.05) is 0 Å². The third-order valence-corrected chi connectivity index (χ3v) is 13.8. The molecule has 2 aliphatic heterocycles. The topological polar surface area (TPSA) is 342 Å².